The van der Waals surface area contributed by atoms with Crippen LogP contribution < -0.4 is 5.32 Å². The lowest BCUT2D eigenvalue weighted by Gasteiger charge is -2.54. The molecular formula is C48H79NO12. The molecule has 18 atom stereocenters. The highest BCUT2D eigenvalue weighted by molar-refractivity contribution is 5.84. The summed E-state index contributed by atoms with van der Waals surface area (Å²) in [6, 6.07) is 0. The lowest BCUT2D eigenvalue weighted by molar-refractivity contribution is -0.408. The third-order valence-corrected chi connectivity index (χ3v) is 15.3. The molecule has 0 aromatic carbocycles. The molecule has 13 heteroatoms. The molecule has 5 rings (SSSR count). The van der Waals surface area contributed by atoms with E-state index in [1.807, 2.05) is 60.6 Å². The third kappa shape index (κ3) is 10.1. The summed E-state index contributed by atoms with van der Waals surface area (Å²) in [5.41, 5.74) is -1.73. The van der Waals surface area contributed by atoms with Crippen molar-refractivity contribution in [2.75, 3.05) is 13.2 Å². The van der Waals surface area contributed by atoms with Crippen LogP contribution in [0, 0.1) is 41.4 Å². The van der Waals surface area contributed by atoms with Gasteiger partial charge in [0.1, 0.15) is 12.4 Å². The Labute approximate surface area is 365 Å². The van der Waals surface area contributed by atoms with Crippen LogP contribution in [-0.4, -0.2) is 107 Å². The molecule has 0 radical (unpaired) electrons. The van der Waals surface area contributed by atoms with Gasteiger partial charge in [0.05, 0.1) is 53.7 Å². The van der Waals surface area contributed by atoms with Gasteiger partial charge < -0.3 is 48.7 Å². The molecule has 2 spiro atoms. The van der Waals surface area contributed by atoms with Gasteiger partial charge in [-0.2, -0.15) is 0 Å². The first-order chi connectivity index (χ1) is 28.8. The summed E-state index contributed by atoms with van der Waals surface area (Å²) in [6.45, 7) is 25.8. The van der Waals surface area contributed by atoms with Crippen LogP contribution in [0.5, 0.6) is 0 Å². The van der Waals surface area contributed by atoms with Gasteiger partial charge in [0, 0.05) is 36.6 Å². The number of rotatable bonds is 16. The topological polar surface area (TPSA) is 168 Å². The van der Waals surface area contributed by atoms with Gasteiger partial charge in [-0.25, -0.2) is 4.79 Å². The first-order valence-electron chi connectivity index (χ1n) is 23.5. The summed E-state index contributed by atoms with van der Waals surface area (Å²) >= 11 is 0. The molecule has 0 saturated carbocycles. The molecule has 0 aromatic heterocycles. The number of carbonyl (C=O) groups is 3. The zero-order valence-corrected chi connectivity index (χ0v) is 39.0. The van der Waals surface area contributed by atoms with E-state index < -0.39 is 71.0 Å². The van der Waals surface area contributed by atoms with Crippen molar-refractivity contribution in [1.29, 1.82) is 0 Å². The minimum absolute atomic E-state index is 0.0213. The molecule has 1 unspecified atom stereocenters. The first-order valence-corrected chi connectivity index (χ1v) is 23.5. The Hall–Kier alpha value is -2.39. The molecular weight excluding hydrogens is 783 g/mol. The third-order valence-electron chi connectivity index (χ3n) is 15.3. The zero-order valence-electron chi connectivity index (χ0n) is 39.0. The average molecular weight is 862 g/mol. The van der Waals surface area contributed by atoms with Crippen molar-refractivity contribution in [3.8, 4) is 0 Å². The minimum atomic E-state index is -1.42. The molecule has 3 N–H and O–H groups in total. The van der Waals surface area contributed by atoms with E-state index in [1.165, 1.54) is 0 Å². The molecule has 5 heterocycles. The molecule has 0 aromatic rings. The number of esters is 1. The lowest BCUT2D eigenvalue weighted by Crippen LogP contribution is -2.63. The predicted molar refractivity (Wildman–Crippen MR) is 230 cm³/mol. The summed E-state index contributed by atoms with van der Waals surface area (Å²) < 4.78 is 45.8. The molecule has 5 aliphatic rings. The summed E-state index contributed by atoms with van der Waals surface area (Å²) in [6.07, 6.45) is 6.67. The van der Waals surface area contributed by atoms with Gasteiger partial charge in [-0.05, 0) is 103 Å². The Balaban J connectivity index is 1.36. The van der Waals surface area contributed by atoms with Crippen LogP contribution in [0.4, 0.5) is 4.79 Å². The largest absolute Gasteiger partial charge is 0.461 e. The molecule has 4 saturated heterocycles. The van der Waals surface area contributed by atoms with Crippen molar-refractivity contribution >= 4 is 17.8 Å². The molecule has 0 bridgehead atoms. The highest BCUT2D eigenvalue weighted by atomic mass is 16.8. The Morgan fingerprint density at radius 2 is 1.64 bits per heavy atom. The van der Waals surface area contributed by atoms with Crippen molar-refractivity contribution in [3.05, 3.63) is 24.8 Å². The number of hydrogen-bond acceptors (Lipinski definition) is 12. The molecule has 1 amide bonds. The second kappa shape index (κ2) is 20.2. The van der Waals surface area contributed by atoms with Crippen LogP contribution in [0.25, 0.3) is 0 Å². The van der Waals surface area contributed by atoms with Crippen molar-refractivity contribution in [2.24, 2.45) is 41.4 Å². The Bertz CT molecular complexity index is 1560. The van der Waals surface area contributed by atoms with E-state index in [1.54, 1.807) is 13.0 Å². The van der Waals surface area contributed by atoms with Crippen molar-refractivity contribution < 1.29 is 57.8 Å². The second-order valence-electron chi connectivity index (χ2n) is 19.4. The number of alkyl carbamates (subject to hydrolysis) is 1. The number of ether oxygens (including phenoxy) is 7. The van der Waals surface area contributed by atoms with Crippen LogP contribution in [0.15, 0.2) is 24.8 Å². The average Bonchev–Trinajstić information content (AvgIpc) is 3.58. The molecule has 0 aliphatic carbocycles. The summed E-state index contributed by atoms with van der Waals surface area (Å²) in [7, 11) is 0. The summed E-state index contributed by atoms with van der Waals surface area (Å²) in [4.78, 5) is 40.6. The standard InChI is InChI=1S/C48H79NO12/c1-13-26-55-43(52)34(14-2)36-19-18-28(6)41(57-36)32(10)39(50)31(9)40(51)35(15-3)42-29(7)27-30(8)47(59-42)23-21-38(58-44(53)49-17-5)48(61-47)25-24-45(12,60-48)37-20-22-46(54,16-4)33(11)56-37/h13,21,23,28-39,41-42,50,54H,1,14-20,22,24-27H2,2-12H3,(H,49,53)/t28?,29-,30+,31-,32-,33-,34+,35-,36+,37+,38+,39+,41+,42-,45-,46+,47-,48-/m0/s1. The van der Waals surface area contributed by atoms with E-state index in [-0.39, 0.29) is 60.3 Å². The molecule has 5 aliphatic heterocycles. The number of carbonyl (C=O) groups excluding carboxylic acids is 3. The normalized spacial score (nSPS) is 41.4. The Morgan fingerprint density at radius 1 is 0.934 bits per heavy atom. The maximum atomic E-state index is 14.7. The quantitative estimate of drug-likeness (QED) is 0.103. The van der Waals surface area contributed by atoms with E-state index in [9.17, 15) is 24.6 Å². The smallest absolute Gasteiger partial charge is 0.407 e. The number of amides is 1. The number of nitrogens with one attached hydrogen (secondary N) is 1. The monoisotopic (exact) mass is 862 g/mol. The first kappa shape index (κ1) is 49.6. The Kier molecular flexibility index (Phi) is 16.4. The maximum absolute atomic E-state index is 14.7. The van der Waals surface area contributed by atoms with Gasteiger partial charge in [-0.3, -0.25) is 9.59 Å². The van der Waals surface area contributed by atoms with Crippen LogP contribution in [0.3, 0.4) is 0 Å². The fourth-order valence-electron chi connectivity index (χ4n) is 11.1. The SMILES string of the molecule is C=CCOC(=O)[C@H](CC)[C@H]1CCC(C)[C@H]([C@@H](C)[C@H](O)[C@H](C)C(=O)[C@H](CC)[C@H]2O[C@]3(C=C[C@@H](OC(=O)NCC)[C@]4(CC[C@@](C)([C@H]5CC[C@](O)(CC)[C@H](C)O5)O4)O3)[C@H](C)C[C@@H]2C)O1. The van der Waals surface area contributed by atoms with Crippen LogP contribution in [-0.2, 0) is 42.7 Å². The number of ketones is 1. The lowest BCUT2D eigenvalue weighted by atomic mass is 9.72. The maximum Gasteiger partial charge on any atom is 0.407 e. The van der Waals surface area contributed by atoms with E-state index in [0.29, 0.717) is 64.3 Å². The van der Waals surface area contributed by atoms with Gasteiger partial charge in [0.25, 0.3) is 0 Å². The van der Waals surface area contributed by atoms with Gasteiger partial charge in [-0.15, -0.1) is 0 Å². The van der Waals surface area contributed by atoms with E-state index in [0.717, 1.165) is 6.42 Å². The number of Topliss-reactive ketones (excluding diaryl/α,β-unsaturated/α-hetero) is 1. The fraction of sp³-hybridized carbons (Fsp3) is 0.854. The molecule has 61 heavy (non-hydrogen) atoms. The summed E-state index contributed by atoms with van der Waals surface area (Å²) in [5.74, 6) is -5.29. The van der Waals surface area contributed by atoms with Gasteiger partial charge in [-0.1, -0.05) is 68.0 Å². The van der Waals surface area contributed by atoms with Crippen LogP contribution >= 0.6 is 0 Å². The molecule has 348 valence electrons. The van der Waals surface area contributed by atoms with Crippen LogP contribution in [0.2, 0.25) is 0 Å². The highest BCUT2D eigenvalue weighted by Crippen LogP contribution is 2.54. The molecule has 4 fully saturated rings. The second-order valence-corrected chi connectivity index (χ2v) is 19.4. The molecule has 13 nitrogen and oxygen atoms in total. The minimum Gasteiger partial charge on any atom is -0.461 e. The van der Waals surface area contributed by atoms with E-state index in [4.69, 9.17) is 33.2 Å². The number of aliphatic hydroxyl groups excluding tert-OH is 1. The van der Waals surface area contributed by atoms with E-state index in [2.05, 4.69) is 32.7 Å². The number of aliphatic hydroxyl groups is 2. The number of hydrogen-bond donors (Lipinski definition) is 3. The fourth-order valence-corrected chi connectivity index (χ4v) is 11.1. The van der Waals surface area contributed by atoms with Gasteiger partial charge in [0.15, 0.2) is 11.9 Å². The van der Waals surface area contributed by atoms with Gasteiger partial charge in [0.2, 0.25) is 5.79 Å². The van der Waals surface area contributed by atoms with Crippen LogP contribution in [0.1, 0.15) is 140 Å². The predicted octanol–water partition coefficient (Wildman–Crippen LogP) is 7.59. The zero-order chi connectivity index (χ0) is 45.1. The Morgan fingerprint density at radius 3 is 2.26 bits per heavy atom. The van der Waals surface area contributed by atoms with Crippen molar-refractivity contribution in [2.45, 2.75) is 206 Å². The van der Waals surface area contributed by atoms with Crippen molar-refractivity contribution in [3.63, 3.8) is 0 Å². The summed E-state index contributed by atoms with van der Waals surface area (Å²) in [5, 5.41) is 25.8. The van der Waals surface area contributed by atoms with E-state index >= 15 is 0 Å². The van der Waals surface area contributed by atoms with Crippen molar-refractivity contribution in [1.82, 2.24) is 5.32 Å². The highest BCUT2D eigenvalue weighted by Gasteiger charge is 2.64. The van der Waals surface area contributed by atoms with Gasteiger partial charge >= 0.3 is 12.1 Å².